The van der Waals surface area contributed by atoms with Gasteiger partial charge in [-0.2, -0.15) is 0 Å². The number of hydrogen-bond acceptors (Lipinski definition) is 3. The zero-order valence-corrected chi connectivity index (χ0v) is 19.0. The first-order valence-electron chi connectivity index (χ1n) is 11.7. The number of likely N-dealkylation sites (tertiary alicyclic amines) is 1. The minimum absolute atomic E-state index is 0.140. The van der Waals surface area contributed by atoms with Crippen molar-refractivity contribution in [2.75, 3.05) is 19.7 Å². The Morgan fingerprint density at radius 2 is 1.55 bits per heavy atom. The molecule has 0 bridgehead atoms. The number of carbonyl (C=O) groups excluding carboxylic acids is 2. The number of nitrogens with zero attached hydrogens (tertiary/aromatic N) is 1. The Morgan fingerprint density at radius 1 is 0.879 bits per heavy atom. The van der Waals surface area contributed by atoms with Gasteiger partial charge in [0.15, 0.2) is 0 Å². The van der Waals surface area contributed by atoms with Crippen LogP contribution in [-0.2, 0) is 4.79 Å². The highest BCUT2D eigenvalue weighted by Gasteiger charge is 2.22. The molecule has 1 N–H and O–H groups in total. The van der Waals surface area contributed by atoms with Gasteiger partial charge in [0.1, 0.15) is 11.4 Å². The minimum Gasteiger partial charge on any atom is -0.493 e. The van der Waals surface area contributed by atoms with Gasteiger partial charge in [0.2, 0.25) is 0 Å². The number of rotatable bonds is 6. The van der Waals surface area contributed by atoms with E-state index in [4.69, 9.17) is 4.74 Å². The second kappa shape index (κ2) is 10.8. The third kappa shape index (κ3) is 5.43. The van der Waals surface area contributed by atoms with E-state index in [-0.39, 0.29) is 11.8 Å². The van der Waals surface area contributed by atoms with Gasteiger partial charge in [-0.15, -0.1) is 0 Å². The predicted molar refractivity (Wildman–Crippen MR) is 132 cm³/mol. The van der Waals surface area contributed by atoms with Gasteiger partial charge < -0.3 is 15.0 Å². The second-order valence-corrected chi connectivity index (χ2v) is 8.22. The molecular weight excluding hydrogens is 412 g/mol. The van der Waals surface area contributed by atoms with Crippen LogP contribution >= 0.6 is 0 Å². The summed E-state index contributed by atoms with van der Waals surface area (Å²) >= 11 is 0. The number of hydrogen-bond donors (Lipinski definition) is 1. The molecule has 1 heterocycles. The van der Waals surface area contributed by atoms with Gasteiger partial charge in [0.25, 0.3) is 11.8 Å². The maximum atomic E-state index is 13.5. The number of nitrogens with one attached hydrogen (secondary N) is 1. The summed E-state index contributed by atoms with van der Waals surface area (Å²) in [5.41, 5.74) is 1.67. The van der Waals surface area contributed by atoms with Gasteiger partial charge in [-0.1, -0.05) is 61.4 Å². The first-order chi connectivity index (χ1) is 16.2. The van der Waals surface area contributed by atoms with Crippen molar-refractivity contribution in [3.05, 3.63) is 83.6 Å². The highest BCUT2D eigenvalue weighted by atomic mass is 16.5. The lowest BCUT2D eigenvalue weighted by Crippen LogP contribution is -2.39. The normalized spacial score (nSPS) is 14.6. The van der Waals surface area contributed by atoms with Crippen molar-refractivity contribution in [1.82, 2.24) is 10.2 Å². The van der Waals surface area contributed by atoms with E-state index in [1.54, 1.807) is 18.2 Å². The summed E-state index contributed by atoms with van der Waals surface area (Å²) in [7, 11) is 0. The van der Waals surface area contributed by atoms with Crippen molar-refractivity contribution in [2.45, 2.75) is 32.6 Å². The topological polar surface area (TPSA) is 58.6 Å². The van der Waals surface area contributed by atoms with Crippen LogP contribution in [0.15, 0.2) is 72.4 Å². The number of ether oxygens (including phenoxy) is 1. The largest absolute Gasteiger partial charge is 0.493 e. The summed E-state index contributed by atoms with van der Waals surface area (Å²) in [5, 5.41) is 4.85. The van der Waals surface area contributed by atoms with Crippen molar-refractivity contribution < 1.29 is 14.3 Å². The molecule has 3 aromatic carbocycles. The van der Waals surface area contributed by atoms with Crippen LogP contribution in [0.2, 0.25) is 0 Å². The van der Waals surface area contributed by atoms with Crippen molar-refractivity contribution in [3.8, 4) is 5.75 Å². The van der Waals surface area contributed by atoms with Crippen LogP contribution in [0, 0.1) is 0 Å². The fourth-order valence-electron chi connectivity index (χ4n) is 4.24. The van der Waals surface area contributed by atoms with Gasteiger partial charge in [-0.25, -0.2) is 0 Å². The molecule has 1 aliphatic rings. The molecule has 0 aliphatic carbocycles. The smallest absolute Gasteiger partial charge is 0.270 e. The number of amides is 2. The first-order valence-corrected chi connectivity index (χ1v) is 11.7. The second-order valence-electron chi connectivity index (χ2n) is 8.22. The average Bonchev–Trinajstić information content (AvgIpc) is 3.15. The minimum atomic E-state index is -0.291. The van der Waals surface area contributed by atoms with E-state index >= 15 is 0 Å². The lowest BCUT2D eigenvalue weighted by atomic mass is 10.0. The van der Waals surface area contributed by atoms with E-state index < -0.39 is 0 Å². The van der Waals surface area contributed by atoms with Gasteiger partial charge >= 0.3 is 0 Å². The first kappa shape index (κ1) is 22.6. The van der Waals surface area contributed by atoms with Gasteiger partial charge in [-0.3, -0.25) is 9.59 Å². The zero-order valence-electron chi connectivity index (χ0n) is 19.0. The summed E-state index contributed by atoms with van der Waals surface area (Å²) in [4.78, 5) is 28.4. The van der Waals surface area contributed by atoms with E-state index in [2.05, 4.69) is 5.32 Å². The molecule has 170 valence electrons. The Kier molecular flexibility index (Phi) is 7.40. The monoisotopic (exact) mass is 442 g/mol. The molecule has 33 heavy (non-hydrogen) atoms. The van der Waals surface area contributed by atoms with Crippen molar-refractivity contribution in [2.24, 2.45) is 0 Å². The van der Waals surface area contributed by atoms with Crippen LogP contribution in [0.25, 0.3) is 16.8 Å². The fraction of sp³-hybridized carbons (Fsp3) is 0.286. The van der Waals surface area contributed by atoms with Crippen molar-refractivity contribution >= 4 is 28.7 Å². The summed E-state index contributed by atoms with van der Waals surface area (Å²) in [5.74, 6) is 0.373. The lowest BCUT2D eigenvalue weighted by molar-refractivity contribution is -0.127. The fourth-order valence-corrected chi connectivity index (χ4v) is 4.24. The van der Waals surface area contributed by atoms with Crippen molar-refractivity contribution in [1.29, 1.82) is 0 Å². The molecule has 0 aromatic heterocycles. The van der Waals surface area contributed by atoms with Crippen LogP contribution in [-0.4, -0.2) is 36.4 Å². The maximum absolute atomic E-state index is 13.5. The van der Waals surface area contributed by atoms with Crippen LogP contribution in [0.3, 0.4) is 0 Å². The van der Waals surface area contributed by atoms with E-state index in [1.165, 1.54) is 0 Å². The lowest BCUT2D eigenvalue weighted by Gasteiger charge is -2.22. The van der Waals surface area contributed by atoms with Gasteiger partial charge in [-0.05, 0) is 55.0 Å². The molecule has 1 aliphatic heterocycles. The van der Waals surface area contributed by atoms with Crippen LogP contribution in [0.5, 0.6) is 5.75 Å². The van der Waals surface area contributed by atoms with Crippen LogP contribution in [0.1, 0.15) is 48.5 Å². The quantitative estimate of drug-likeness (QED) is 0.519. The SMILES string of the molecule is CCOc1ccc(C=C(NC(=O)c2ccccc2)C(=O)N2CCCCCC2)c2ccccc12. The van der Waals surface area contributed by atoms with Gasteiger partial charge in [0.05, 0.1) is 6.61 Å². The third-order valence-corrected chi connectivity index (χ3v) is 5.93. The zero-order chi connectivity index (χ0) is 23.0. The Bertz CT molecular complexity index is 1150. The van der Waals surface area contributed by atoms with Crippen molar-refractivity contribution in [3.63, 3.8) is 0 Å². The Balaban J connectivity index is 1.74. The molecule has 0 atom stereocenters. The Hall–Kier alpha value is -3.60. The summed E-state index contributed by atoms with van der Waals surface area (Å²) in [6.07, 6.45) is 6.02. The Labute approximate surface area is 195 Å². The molecule has 0 radical (unpaired) electrons. The highest BCUT2D eigenvalue weighted by molar-refractivity contribution is 6.07. The highest BCUT2D eigenvalue weighted by Crippen LogP contribution is 2.30. The van der Waals surface area contributed by atoms with Crippen LogP contribution in [0.4, 0.5) is 0 Å². The summed E-state index contributed by atoms with van der Waals surface area (Å²) < 4.78 is 5.79. The molecule has 4 rings (SSSR count). The average molecular weight is 443 g/mol. The predicted octanol–water partition coefficient (Wildman–Crippen LogP) is 5.41. The molecule has 0 unspecified atom stereocenters. The van der Waals surface area contributed by atoms with E-state index in [1.807, 2.05) is 66.4 Å². The summed E-state index contributed by atoms with van der Waals surface area (Å²) in [6, 6.07) is 20.8. The number of benzene rings is 3. The molecule has 0 spiro atoms. The summed E-state index contributed by atoms with van der Waals surface area (Å²) in [6.45, 7) is 3.95. The molecular formula is C28H30N2O3. The molecule has 5 nitrogen and oxygen atoms in total. The molecule has 3 aromatic rings. The van der Waals surface area contributed by atoms with Crippen LogP contribution < -0.4 is 10.1 Å². The van der Waals surface area contributed by atoms with E-state index in [0.717, 1.165) is 47.8 Å². The molecule has 1 fully saturated rings. The molecule has 1 saturated heterocycles. The van der Waals surface area contributed by atoms with Gasteiger partial charge in [0, 0.05) is 24.0 Å². The molecule has 2 amide bonds. The van der Waals surface area contributed by atoms with E-state index in [9.17, 15) is 9.59 Å². The standard InChI is InChI=1S/C28H30N2O3/c1-2-33-26-17-16-22(23-14-8-9-15-24(23)26)20-25(28(32)30-18-10-3-4-11-19-30)29-27(31)21-12-6-5-7-13-21/h5-9,12-17,20H,2-4,10-11,18-19H2,1H3,(H,29,31). The number of fused-ring (bicyclic) bond motifs is 1. The van der Waals surface area contributed by atoms with E-state index in [0.29, 0.717) is 31.0 Å². The third-order valence-electron chi connectivity index (χ3n) is 5.93. The molecule has 0 saturated carbocycles. The maximum Gasteiger partial charge on any atom is 0.270 e. The Morgan fingerprint density at radius 3 is 2.24 bits per heavy atom. The molecule has 5 heteroatoms. The number of carbonyl (C=O) groups is 2.